The summed E-state index contributed by atoms with van der Waals surface area (Å²) >= 11 is 0. The normalized spacial score (nSPS) is 9.50. The number of benzene rings is 1. The predicted molar refractivity (Wildman–Crippen MR) is 63.4 cm³/mol. The highest BCUT2D eigenvalue weighted by Crippen LogP contribution is 2.22. The van der Waals surface area contributed by atoms with Crippen LogP contribution in [-0.2, 0) is 0 Å². The van der Waals surface area contributed by atoms with E-state index >= 15 is 0 Å². The lowest BCUT2D eigenvalue weighted by Gasteiger charge is -2.07. The third-order valence-corrected chi connectivity index (χ3v) is 2.27. The van der Waals surface area contributed by atoms with E-state index in [2.05, 4.69) is 0 Å². The summed E-state index contributed by atoms with van der Waals surface area (Å²) in [5.74, 6) is 0.326. The van der Waals surface area contributed by atoms with Crippen LogP contribution in [-0.4, -0.2) is 17.8 Å². The summed E-state index contributed by atoms with van der Waals surface area (Å²) in [6, 6.07) is 5.90. The van der Waals surface area contributed by atoms with Crippen LogP contribution in [0.5, 0.6) is 5.75 Å². The molecule has 18 heavy (non-hydrogen) atoms. The zero-order chi connectivity index (χ0) is 13.4. The Morgan fingerprint density at radius 2 is 2.22 bits per heavy atom. The van der Waals surface area contributed by atoms with Crippen molar-refractivity contribution < 1.29 is 14.5 Å². The highest BCUT2D eigenvalue weighted by atomic mass is 16.6. The van der Waals surface area contributed by atoms with Gasteiger partial charge in [0.2, 0.25) is 0 Å². The molecule has 0 saturated carbocycles. The molecule has 1 aromatic rings. The van der Waals surface area contributed by atoms with E-state index in [-0.39, 0.29) is 11.3 Å². The molecule has 0 radical (unpaired) electrons. The Morgan fingerprint density at radius 3 is 2.83 bits per heavy atom. The number of hydrogen-bond donors (Lipinski definition) is 0. The van der Waals surface area contributed by atoms with Crippen molar-refractivity contribution in [3.63, 3.8) is 0 Å². The molecular formula is C12H12N2O4. The van der Waals surface area contributed by atoms with Crippen molar-refractivity contribution in [2.24, 2.45) is 0 Å². The number of non-ortho nitro benzene ring substituents is 1. The molecule has 1 rings (SSSR count). The molecule has 1 aromatic carbocycles. The van der Waals surface area contributed by atoms with E-state index in [0.717, 1.165) is 6.42 Å². The lowest BCUT2D eigenvalue weighted by molar-refractivity contribution is -0.384. The van der Waals surface area contributed by atoms with Crippen LogP contribution in [0.3, 0.4) is 0 Å². The number of rotatable bonds is 7. The van der Waals surface area contributed by atoms with Crippen molar-refractivity contribution in [3.05, 3.63) is 33.9 Å². The number of hydrogen-bond acceptors (Lipinski definition) is 5. The van der Waals surface area contributed by atoms with Crippen molar-refractivity contribution in [2.75, 3.05) is 6.61 Å². The van der Waals surface area contributed by atoms with Crippen molar-refractivity contribution in [3.8, 4) is 11.8 Å². The van der Waals surface area contributed by atoms with Gasteiger partial charge < -0.3 is 4.74 Å². The minimum absolute atomic E-state index is 0.145. The molecule has 94 valence electrons. The molecule has 0 bridgehead atoms. The average Bonchev–Trinajstić information content (AvgIpc) is 2.38. The van der Waals surface area contributed by atoms with Gasteiger partial charge in [0.05, 0.1) is 23.2 Å². The quantitative estimate of drug-likeness (QED) is 0.320. The number of aldehydes is 1. The average molecular weight is 248 g/mol. The Balaban J connectivity index is 2.63. The summed E-state index contributed by atoms with van der Waals surface area (Å²) in [5.41, 5.74) is 0.0124. The van der Waals surface area contributed by atoms with Crippen LogP contribution in [0.1, 0.15) is 29.6 Å². The number of nitrogens with zero attached hydrogens (tertiary/aromatic N) is 2. The molecule has 0 aliphatic rings. The van der Waals surface area contributed by atoms with Gasteiger partial charge in [0.1, 0.15) is 5.75 Å². The monoisotopic (exact) mass is 248 g/mol. The second-order valence-corrected chi connectivity index (χ2v) is 3.56. The third-order valence-electron chi connectivity index (χ3n) is 2.27. The molecule has 6 nitrogen and oxygen atoms in total. The van der Waals surface area contributed by atoms with Crippen molar-refractivity contribution in [1.29, 1.82) is 5.26 Å². The van der Waals surface area contributed by atoms with Crippen molar-refractivity contribution >= 4 is 12.0 Å². The number of ether oxygens (including phenoxy) is 1. The number of nitriles is 1. The second kappa shape index (κ2) is 7.01. The first-order valence-corrected chi connectivity index (χ1v) is 5.42. The zero-order valence-corrected chi connectivity index (χ0v) is 9.67. The Hall–Kier alpha value is -2.42. The van der Waals surface area contributed by atoms with E-state index in [0.29, 0.717) is 31.5 Å². The molecule has 0 saturated heterocycles. The molecular weight excluding hydrogens is 236 g/mol. The summed E-state index contributed by atoms with van der Waals surface area (Å²) < 4.78 is 5.35. The van der Waals surface area contributed by atoms with Gasteiger partial charge in [0.15, 0.2) is 6.29 Å². The smallest absolute Gasteiger partial charge is 0.270 e. The van der Waals surface area contributed by atoms with Crippen molar-refractivity contribution in [1.82, 2.24) is 0 Å². The Labute approximate surface area is 104 Å². The van der Waals surface area contributed by atoms with Gasteiger partial charge in [-0.15, -0.1) is 0 Å². The lowest BCUT2D eigenvalue weighted by Crippen LogP contribution is -2.00. The number of nitro groups is 1. The van der Waals surface area contributed by atoms with Gasteiger partial charge in [0, 0.05) is 18.6 Å². The first-order chi connectivity index (χ1) is 8.69. The standard InChI is InChI=1S/C12H12N2O4/c13-6-2-1-3-7-18-12-5-4-11(14(16)17)8-10(12)9-15/h4-5,8-9H,1-3,7H2. The molecule has 0 aliphatic heterocycles. The van der Waals surface area contributed by atoms with E-state index in [1.807, 2.05) is 6.07 Å². The molecule has 0 heterocycles. The zero-order valence-electron chi connectivity index (χ0n) is 9.67. The number of carbonyl (C=O) groups excluding carboxylic acids is 1. The maximum atomic E-state index is 10.8. The number of unbranched alkanes of at least 4 members (excludes halogenated alkanes) is 2. The summed E-state index contributed by atoms with van der Waals surface area (Å²) in [5, 5.41) is 18.9. The Bertz CT molecular complexity index is 479. The molecule has 0 amide bonds. The van der Waals surface area contributed by atoms with E-state index < -0.39 is 4.92 Å². The van der Waals surface area contributed by atoms with Crippen LogP contribution in [0.25, 0.3) is 0 Å². The maximum absolute atomic E-state index is 10.8. The minimum Gasteiger partial charge on any atom is -0.493 e. The summed E-state index contributed by atoms with van der Waals surface area (Å²) in [7, 11) is 0. The van der Waals surface area contributed by atoms with Crippen molar-refractivity contribution in [2.45, 2.75) is 19.3 Å². The van der Waals surface area contributed by atoms with Crippen LogP contribution in [0, 0.1) is 21.4 Å². The topological polar surface area (TPSA) is 93.2 Å². The minimum atomic E-state index is -0.566. The van der Waals surface area contributed by atoms with Crippen LogP contribution < -0.4 is 4.74 Å². The largest absolute Gasteiger partial charge is 0.493 e. The van der Waals surface area contributed by atoms with Crippen LogP contribution in [0.2, 0.25) is 0 Å². The third kappa shape index (κ3) is 3.87. The molecule has 0 atom stereocenters. The van der Waals surface area contributed by atoms with Crippen LogP contribution >= 0.6 is 0 Å². The number of nitro benzene ring substituents is 1. The number of carbonyl (C=O) groups is 1. The first-order valence-electron chi connectivity index (χ1n) is 5.42. The fourth-order valence-electron chi connectivity index (χ4n) is 1.36. The highest BCUT2D eigenvalue weighted by molar-refractivity contribution is 5.80. The van der Waals surface area contributed by atoms with Gasteiger partial charge in [-0.05, 0) is 18.9 Å². The van der Waals surface area contributed by atoms with Gasteiger partial charge in [-0.1, -0.05) is 0 Å². The second-order valence-electron chi connectivity index (χ2n) is 3.56. The Kier molecular flexibility index (Phi) is 5.32. The predicted octanol–water partition coefficient (Wildman–Crippen LogP) is 2.48. The molecule has 6 heteroatoms. The summed E-state index contributed by atoms with van der Waals surface area (Å²) in [4.78, 5) is 20.8. The molecule has 0 aromatic heterocycles. The van der Waals surface area contributed by atoms with E-state index in [1.165, 1.54) is 18.2 Å². The van der Waals surface area contributed by atoms with Gasteiger partial charge in [-0.3, -0.25) is 14.9 Å². The fraction of sp³-hybridized carbons (Fsp3) is 0.333. The van der Waals surface area contributed by atoms with Gasteiger partial charge in [-0.25, -0.2) is 0 Å². The van der Waals surface area contributed by atoms with Crippen LogP contribution in [0.15, 0.2) is 18.2 Å². The SMILES string of the molecule is N#CCCCCOc1ccc([N+](=O)[O-])cc1C=O. The van der Waals surface area contributed by atoms with Gasteiger partial charge in [-0.2, -0.15) is 5.26 Å². The summed E-state index contributed by atoms with van der Waals surface area (Å²) in [6.45, 7) is 0.375. The molecule has 0 fully saturated rings. The maximum Gasteiger partial charge on any atom is 0.270 e. The Morgan fingerprint density at radius 1 is 1.44 bits per heavy atom. The van der Waals surface area contributed by atoms with E-state index in [9.17, 15) is 14.9 Å². The van der Waals surface area contributed by atoms with Gasteiger partial charge >= 0.3 is 0 Å². The van der Waals surface area contributed by atoms with E-state index in [4.69, 9.17) is 10.00 Å². The summed E-state index contributed by atoms with van der Waals surface area (Å²) in [6.07, 6.45) is 2.41. The molecule has 0 aliphatic carbocycles. The molecule has 0 N–H and O–H groups in total. The molecule has 0 spiro atoms. The lowest BCUT2D eigenvalue weighted by atomic mass is 10.2. The molecule has 0 unspecified atom stereocenters. The highest BCUT2D eigenvalue weighted by Gasteiger charge is 2.10. The van der Waals surface area contributed by atoms with E-state index in [1.54, 1.807) is 0 Å². The first kappa shape index (κ1) is 13.6. The fourth-order valence-corrected chi connectivity index (χ4v) is 1.36. The van der Waals surface area contributed by atoms with Gasteiger partial charge in [0.25, 0.3) is 5.69 Å². The van der Waals surface area contributed by atoms with Crippen LogP contribution in [0.4, 0.5) is 5.69 Å².